The van der Waals surface area contributed by atoms with Crippen LogP contribution >= 0.6 is 11.6 Å². The summed E-state index contributed by atoms with van der Waals surface area (Å²) in [7, 11) is 0. The molecule has 1 atom stereocenters. The molecule has 102 valence electrons. The molecule has 1 aromatic rings. The molecule has 1 saturated heterocycles. The highest BCUT2D eigenvalue weighted by atomic mass is 35.5. The molecule has 2 heterocycles. The Balaban J connectivity index is 2.26. The molecule has 1 unspecified atom stereocenters. The maximum absolute atomic E-state index is 12.4. The third-order valence-corrected chi connectivity index (χ3v) is 3.47. The van der Waals surface area contributed by atoms with Crippen LogP contribution in [0, 0.1) is 0 Å². The van der Waals surface area contributed by atoms with Crippen LogP contribution in [0.1, 0.15) is 36.2 Å². The first kappa shape index (κ1) is 13.8. The van der Waals surface area contributed by atoms with Gasteiger partial charge in [0.1, 0.15) is 11.7 Å². The van der Waals surface area contributed by atoms with Crippen LogP contribution in [0.4, 0.5) is 0 Å². The number of pyridine rings is 1. The normalized spacial score (nSPS) is 19.8. The maximum atomic E-state index is 12.4. The van der Waals surface area contributed by atoms with Crippen molar-refractivity contribution in [3.8, 4) is 0 Å². The first-order chi connectivity index (χ1) is 9.09. The van der Waals surface area contributed by atoms with E-state index in [4.69, 9.17) is 11.6 Å². The number of carbonyl (C=O) groups is 2. The van der Waals surface area contributed by atoms with Gasteiger partial charge in [0.05, 0.1) is 0 Å². The maximum Gasteiger partial charge on any atom is 0.326 e. The van der Waals surface area contributed by atoms with Crippen LogP contribution < -0.4 is 0 Å². The largest absolute Gasteiger partial charge is 0.480 e. The molecule has 0 bridgehead atoms. The highest BCUT2D eigenvalue weighted by Crippen LogP contribution is 2.20. The van der Waals surface area contributed by atoms with E-state index in [0.29, 0.717) is 18.0 Å². The Hall–Kier alpha value is -1.62. The molecular formula is C13H15ClN2O3. The van der Waals surface area contributed by atoms with E-state index in [1.807, 2.05) is 0 Å². The minimum absolute atomic E-state index is 0.195. The van der Waals surface area contributed by atoms with Crippen LogP contribution in [0.25, 0.3) is 0 Å². The second kappa shape index (κ2) is 6.02. The molecular weight excluding hydrogens is 268 g/mol. The zero-order chi connectivity index (χ0) is 13.8. The molecule has 19 heavy (non-hydrogen) atoms. The topological polar surface area (TPSA) is 70.5 Å². The van der Waals surface area contributed by atoms with Crippen molar-refractivity contribution < 1.29 is 14.7 Å². The van der Waals surface area contributed by atoms with Crippen LogP contribution in [0.5, 0.6) is 0 Å². The number of hydrogen-bond acceptors (Lipinski definition) is 3. The lowest BCUT2D eigenvalue weighted by Crippen LogP contribution is -2.44. The van der Waals surface area contributed by atoms with Gasteiger partial charge in [0.2, 0.25) is 0 Å². The van der Waals surface area contributed by atoms with Gasteiger partial charge in [-0.25, -0.2) is 4.79 Å². The van der Waals surface area contributed by atoms with E-state index < -0.39 is 12.0 Å². The van der Waals surface area contributed by atoms with Crippen LogP contribution in [0.2, 0.25) is 5.02 Å². The van der Waals surface area contributed by atoms with Gasteiger partial charge in [0.15, 0.2) is 0 Å². The summed E-state index contributed by atoms with van der Waals surface area (Å²) in [5.74, 6) is -1.32. The van der Waals surface area contributed by atoms with Gasteiger partial charge in [-0.2, -0.15) is 0 Å². The molecule has 1 amide bonds. The van der Waals surface area contributed by atoms with E-state index in [2.05, 4.69) is 4.98 Å². The summed E-state index contributed by atoms with van der Waals surface area (Å²) in [6, 6.07) is 2.28. The number of likely N-dealkylation sites (tertiary alicyclic amines) is 1. The number of carboxylic acids is 1. The fourth-order valence-electron chi connectivity index (χ4n) is 2.28. The smallest absolute Gasteiger partial charge is 0.326 e. The van der Waals surface area contributed by atoms with Crippen LogP contribution in [-0.2, 0) is 4.79 Å². The lowest BCUT2D eigenvalue weighted by atomic mass is 10.1. The van der Waals surface area contributed by atoms with Crippen molar-refractivity contribution in [1.29, 1.82) is 0 Å². The summed E-state index contributed by atoms with van der Waals surface area (Å²) >= 11 is 5.83. The molecule has 0 spiro atoms. The summed E-state index contributed by atoms with van der Waals surface area (Å²) < 4.78 is 0. The molecule has 1 fully saturated rings. The number of aliphatic carboxylic acids is 1. The number of rotatable bonds is 2. The molecule has 0 aromatic carbocycles. The molecule has 0 aliphatic carbocycles. The number of carbonyl (C=O) groups excluding carboxylic acids is 1. The van der Waals surface area contributed by atoms with Gasteiger partial charge in [-0.1, -0.05) is 24.4 Å². The molecule has 1 aliphatic heterocycles. The Bertz CT molecular complexity index is 493. The summed E-state index contributed by atoms with van der Waals surface area (Å²) in [4.78, 5) is 29.0. The van der Waals surface area contributed by atoms with Crippen molar-refractivity contribution in [2.24, 2.45) is 0 Å². The number of aromatic nitrogens is 1. The molecule has 2 rings (SSSR count). The highest BCUT2D eigenvalue weighted by molar-refractivity contribution is 6.30. The average molecular weight is 283 g/mol. The minimum atomic E-state index is -0.961. The molecule has 1 aromatic heterocycles. The summed E-state index contributed by atoms with van der Waals surface area (Å²) in [5.41, 5.74) is 0.195. The molecule has 5 nitrogen and oxygen atoms in total. The second-order valence-electron chi connectivity index (χ2n) is 4.56. The third kappa shape index (κ3) is 3.23. The predicted molar refractivity (Wildman–Crippen MR) is 70.2 cm³/mol. The standard InChI is InChI=1S/C13H15ClN2O3/c14-9-5-6-15-10(8-9)12(17)16-7-3-1-2-4-11(16)13(18)19/h5-6,8,11H,1-4,7H2,(H,18,19). The second-order valence-corrected chi connectivity index (χ2v) is 5.00. The minimum Gasteiger partial charge on any atom is -0.480 e. The van der Waals surface area contributed by atoms with Crippen LogP contribution in [-0.4, -0.2) is 39.5 Å². The van der Waals surface area contributed by atoms with E-state index in [0.717, 1.165) is 19.3 Å². The zero-order valence-electron chi connectivity index (χ0n) is 10.4. The molecule has 0 radical (unpaired) electrons. The Labute approximate surface area is 116 Å². The van der Waals surface area contributed by atoms with Crippen molar-refractivity contribution in [1.82, 2.24) is 9.88 Å². The predicted octanol–water partition coefficient (Wildman–Crippen LogP) is 2.20. The van der Waals surface area contributed by atoms with Gasteiger partial charge in [0, 0.05) is 17.8 Å². The first-order valence-electron chi connectivity index (χ1n) is 6.25. The van der Waals surface area contributed by atoms with Gasteiger partial charge in [-0.15, -0.1) is 0 Å². The van der Waals surface area contributed by atoms with Gasteiger partial charge in [-0.3, -0.25) is 9.78 Å². The number of amides is 1. The van der Waals surface area contributed by atoms with E-state index in [9.17, 15) is 14.7 Å². The Morgan fingerprint density at radius 2 is 2.16 bits per heavy atom. The molecule has 1 aliphatic rings. The number of hydrogen-bond donors (Lipinski definition) is 1. The number of nitrogens with zero attached hydrogens (tertiary/aromatic N) is 2. The Kier molecular flexibility index (Phi) is 4.37. The van der Waals surface area contributed by atoms with E-state index in [-0.39, 0.29) is 11.6 Å². The first-order valence-corrected chi connectivity index (χ1v) is 6.62. The van der Waals surface area contributed by atoms with Crippen molar-refractivity contribution in [3.05, 3.63) is 29.0 Å². The molecule has 0 saturated carbocycles. The van der Waals surface area contributed by atoms with Crippen molar-refractivity contribution in [3.63, 3.8) is 0 Å². The quantitative estimate of drug-likeness (QED) is 0.903. The van der Waals surface area contributed by atoms with Gasteiger partial charge < -0.3 is 10.0 Å². The van der Waals surface area contributed by atoms with Gasteiger partial charge in [0.25, 0.3) is 5.91 Å². The van der Waals surface area contributed by atoms with Crippen LogP contribution in [0.3, 0.4) is 0 Å². The van der Waals surface area contributed by atoms with Crippen LogP contribution in [0.15, 0.2) is 18.3 Å². The highest BCUT2D eigenvalue weighted by Gasteiger charge is 2.31. The monoisotopic (exact) mass is 282 g/mol. The van der Waals surface area contributed by atoms with E-state index in [1.165, 1.54) is 17.2 Å². The van der Waals surface area contributed by atoms with Crippen molar-refractivity contribution in [2.75, 3.05) is 6.54 Å². The van der Waals surface area contributed by atoms with Gasteiger partial charge in [-0.05, 0) is 25.0 Å². The fourth-order valence-corrected chi connectivity index (χ4v) is 2.44. The Morgan fingerprint density at radius 1 is 1.37 bits per heavy atom. The molecule has 6 heteroatoms. The lowest BCUT2D eigenvalue weighted by molar-refractivity contribution is -0.142. The van der Waals surface area contributed by atoms with Crippen molar-refractivity contribution in [2.45, 2.75) is 31.7 Å². The number of halogens is 1. The lowest BCUT2D eigenvalue weighted by Gasteiger charge is -2.26. The van der Waals surface area contributed by atoms with E-state index >= 15 is 0 Å². The fraction of sp³-hybridized carbons (Fsp3) is 0.462. The Morgan fingerprint density at radius 3 is 2.84 bits per heavy atom. The summed E-state index contributed by atoms with van der Waals surface area (Å²) in [5, 5.41) is 9.66. The summed E-state index contributed by atoms with van der Waals surface area (Å²) in [6.07, 6.45) is 4.52. The van der Waals surface area contributed by atoms with Gasteiger partial charge >= 0.3 is 5.97 Å². The SMILES string of the molecule is O=C(O)C1CCCCCN1C(=O)c1cc(Cl)ccn1. The average Bonchev–Trinajstić information content (AvgIpc) is 2.63. The van der Waals surface area contributed by atoms with Crippen molar-refractivity contribution >= 4 is 23.5 Å². The number of carboxylic acid groups (broad SMARTS) is 1. The molecule has 1 N–H and O–H groups in total. The summed E-state index contributed by atoms with van der Waals surface area (Å²) in [6.45, 7) is 0.448. The third-order valence-electron chi connectivity index (χ3n) is 3.24. The zero-order valence-corrected chi connectivity index (χ0v) is 11.1. The van der Waals surface area contributed by atoms with E-state index in [1.54, 1.807) is 6.07 Å².